The maximum absolute atomic E-state index is 5.76. The Balaban J connectivity index is 0.00000320. The SMILES string of the molecule is CN=C(NCCCc1c[nH]c2ccccc12)Nc1cccc(OCCCOC)c1.I. The van der Waals surface area contributed by atoms with E-state index in [1.54, 1.807) is 14.2 Å². The number of aromatic amines is 1. The second-order valence-corrected chi connectivity index (χ2v) is 6.81. The molecule has 0 radical (unpaired) electrons. The lowest BCUT2D eigenvalue weighted by Crippen LogP contribution is -2.31. The second-order valence-electron chi connectivity index (χ2n) is 6.81. The van der Waals surface area contributed by atoms with Crippen molar-refractivity contribution in [2.75, 3.05) is 39.2 Å². The standard InChI is InChI=1S/C23H30N4O2.HI/c1-24-23(27-19-9-5-10-20(16-19)29-15-7-14-28-2)25-13-6-8-18-17-26-22-12-4-3-11-21(18)22;/h3-5,9-12,16-17,26H,6-8,13-15H2,1-2H3,(H2,24,25,27);1H. The van der Waals surface area contributed by atoms with Gasteiger partial charge in [0, 0.05) is 62.6 Å². The van der Waals surface area contributed by atoms with Gasteiger partial charge in [0.05, 0.1) is 6.61 Å². The van der Waals surface area contributed by atoms with Crippen molar-refractivity contribution in [2.24, 2.45) is 4.99 Å². The molecule has 2 aromatic carbocycles. The van der Waals surface area contributed by atoms with Crippen LogP contribution >= 0.6 is 24.0 Å². The molecule has 0 aliphatic heterocycles. The summed E-state index contributed by atoms with van der Waals surface area (Å²) in [7, 11) is 3.48. The number of anilines is 1. The van der Waals surface area contributed by atoms with Gasteiger partial charge < -0.3 is 25.1 Å². The fourth-order valence-corrected chi connectivity index (χ4v) is 3.20. The van der Waals surface area contributed by atoms with Crippen molar-refractivity contribution in [2.45, 2.75) is 19.3 Å². The van der Waals surface area contributed by atoms with Gasteiger partial charge in [0.15, 0.2) is 5.96 Å². The number of aromatic nitrogens is 1. The molecular weight excluding hydrogens is 491 g/mol. The van der Waals surface area contributed by atoms with Gasteiger partial charge in [-0.1, -0.05) is 24.3 Å². The van der Waals surface area contributed by atoms with Crippen LogP contribution in [0.1, 0.15) is 18.4 Å². The van der Waals surface area contributed by atoms with E-state index in [-0.39, 0.29) is 24.0 Å². The number of hydrogen-bond donors (Lipinski definition) is 3. The summed E-state index contributed by atoms with van der Waals surface area (Å²) in [5.74, 6) is 1.58. The van der Waals surface area contributed by atoms with Gasteiger partial charge in [0.1, 0.15) is 5.75 Å². The summed E-state index contributed by atoms with van der Waals surface area (Å²) in [6.45, 7) is 2.18. The van der Waals surface area contributed by atoms with E-state index in [4.69, 9.17) is 9.47 Å². The van der Waals surface area contributed by atoms with Gasteiger partial charge in [-0.25, -0.2) is 0 Å². The molecule has 0 aliphatic carbocycles. The Morgan fingerprint density at radius 3 is 2.77 bits per heavy atom. The average Bonchev–Trinajstić information content (AvgIpc) is 3.17. The first-order valence-corrected chi connectivity index (χ1v) is 10.0. The van der Waals surface area contributed by atoms with Crippen molar-refractivity contribution in [3.05, 3.63) is 60.3 Å². The number of nitrogens with zero attached hydrogens (tertiary/aromatic N) is 1. The number of aliphatic imine (C=N–C) groups is 1. The predicted molar refractivity (Wildman–Crippen MR) is 135 cm³/mol. The fraction of sp³-hybridized carbons (Fsp3) is 0.348. The summed E-state index contributed by atoms with van der Waals surface area (Å²) < 4.78 is 10.8. The molecule has 0 unspecified atom stereocenters. The topological polar surface area (TPSA) is 70.7 Å². The molecule has 0 atom stereocenters. The van der Waals surface area contributed by atoms with Crippen molar-refractivity contribution in [1.82, 2.24) is 10.3 Å². The van der Waals surface area contributed by atoms with E-state index in [2.05, 4.69) is 51.1 Å². The zero-order valence-electron chi connectivity index (χ0n) is 17.6. The number of aryl methyl sites for hydroxylation is 1. The number of rotatable bonds is 10. The van der Waals surface area contributed by atoms with Crippen LogP contribution < -0.4 is 15.4 Å². The van der Waals surface area contributed by atoms with Gasteiger partial charge in [0.25, 0.3) is 0 Å². The quantitative estimate of drug-likeness (QED) is 0.155. The van der Waals surface area contributed by atoms with Crippen molar-refractivity contribution < 1.29 is 9.47 Å². The minimum atomic E-state index is 0. The van der Waals surface area contributed by atoms with Gasteiger partial charge in [-0.3, -0.25) is 4.99 Å². The number of guanidine groups is 1. The lowest BCUT2D eigenvalue weighted by molar-refractivity contribution is 0.172. The van der Waals surface area contributed by atoms with Crippen molar-refractivity contribution in [3.63, 3.8) is 0 Å². The summed E-state index contributed by atoms with van der Waals surface area (Å²) >= 11 is 0. The molecule has 0 amide bonds. The van der Waals surface area contributed by atoms with Crippen LogP contribution in [0.15, 0.2) is 59.7 Å². The molecule has 30 heavy (non-hydrogen) atoms. The van der Waals surface area contributed by atoms with Crippen LogP contribution in [0.5, 0.6) is 5.75 Å². The average molecular weight is 522 g/mol. The lowest BCUT2D eigenvalue weighted by Gasteiger charge is -2.13. The molecule has 1 heterocycles. The smallest absolute Gasteiger partial charge is 0.195 e. The number of para-hydroxylation sites is 1. The third-order valence-corrected chi connectivity index (χ3v) is 4.67. The van der Waals surface area contributed by atoms with Crippen LogP contribution in [-0.4, -0.2) is 44.9 Å². The number of hydrogen-bond acceptors (Lipinski definition) is 3. The first-order valence-electron chi connectivity index (χ1n) is 10.0. The molecular formula is C23H31IN4O2. The Hall–Kier alpha value is -2.26. The Morgan fingerprint density at radius 2 is 1.93 bits per heavy atom. The van der Waals surface area contributed by atoms with Gasteiger partial charge in [-0.15, -0.1) is 24.0 Å². The van der Waals surface area contributed by atoms with Crippen LogP contribution in [0.2, 0.25) is 0 Å². The normalized spacial score (nSPS) is 11.2. The van der Waals surface area contributed by atoms with Crippen LogP contribution in [0.25, 0.3) is 10.9 Å². The lowest BCUT2D eigenvalue weighted by atomic mass is 10.1. The highest BCUT2D eigenvalue weighted by Gasteiger charge is 2.04. The van der Waals surface area contributed by atoms with Crippen LogP contribution in [0, 0.1) is 0 Å². The van der Waals surface area contributed by atoms with Gasteiger partial charge in [-0.2, -0.15) is 0 Å². The Labute approximate surface area is 195 Å². The third kappa shape index (κ3) is 7.21. The number of H-pyrrole nitrogens is 1. The molecule has 1 aromatic heterocycles. The minimum absolute atomic E-state index is 0. The highest BCUT2D eigenvalue weighted by Crippen LogP contribution is 2.19. The molecule has 0 bridgehead atoms. The zero-order valence-corrected chi connectivity index (χ0v) is 19.9. The highest BCUT2D eigenvalue weighted by molar-refractivity contribution is 14.0. The van der Waals surface area contributed by atoms with E-state index in [1.165, 1.54) is 16.5 Å². The second kappa shape index (κ2) is 13.1. The number of benzene rings is 2. The summed E-state index contributed by atoms with van der Waals surface area (Å²) in [5, 5.41) is 8.00. The first kappa shape index (κ1) is 24.0. The van der Waals surface area contributed by atoms with Crippen molar-refractivity contribution in [1.29, 1.82) is 0 Å². The summed E-state index contributed by atoms with van der Waals surface area (Å²) in [5.41, 5.74) is 3.49. The molecule has 0 saturated carbocycles. The largest absolute Gasteiger partial charge is 0.493 e. The predicted octanol–water partition coefficient (Wildman–Crippen LogP) is 4.82. The number of ether oxygens (including phenoxy) is 2. The third-order valence-electron chi connectivity index (χ3n) is 4.67. The van der Waals surface area contributed by atoms with E-state index in [0.717, 1.165) is 43.2 Å². The van der Waals surface area contributed by atoms with Crippen molar-refractivity contribution >= 4 is 46.5 Å². The first-order chi connectivity index (χ1) is 14.3. The van der Waals surface area contributed by atoms with E-state index >= 15 is 0 Å². The summed E-state index contributed by atoms with van der Waals surface area (Å²) in [6.07, 6.45) is 5.01. The highest BCUT2D eigenvalue weighted by atomic mass is 127. The van der Waals surface area contributed by atoms with Gasteiger partial charge >= 0.3 is 0 Å². The molecule has 0 saturated heterocycles. The molecule has 6 nitrogen and oxygen atoms in total. The monoisotopic (exact) mass is 522 g/mol. The van der Waals surface area contributed by atoms with E-state index in [0.29, 0.717) is 13.2 Å². The van der Waals surface area contributed by atoms with Gasteiger partial charge in [-0.05, 0) is 36.6 Å². The molecule has 7 heteroatoms. The minimum Gasteiger partial charge on any atom is -0.493 e. The molecule has 3 aromatic rings. The fourth-order valence-electron chi connectivity index (χ4n) is 3.20. The van der Waals surface area contributed by atoms with E-state index in [1.807, 2.05) is 24.3 Å². The number of fused-ring (bicyclic) bond motifs is 1. The van der Waals surface area contributed by atoms with Gasteiger partial charge in [0.2, 0.25) is 0 Å². The van der Waals surface area contributed by atoms with E-state index in [9.17, 15) is 0 Å². The van der Waals surface area contributed by atoms with Crippen LogP contribution in [0.3, 0.4) is 0 Å². The summed E-state index contributed by atoms with van der Waals surface area (Å²) in [6, 6.07) is 16.3. The maximum Gasteiger partial charge on any atom is 0.195 e. The number of halogens is 1. The number of nitrogens with one attached hydrogen (secondary N) is 3. The Morgan fingerprint density at radius 1 is 1.07 bits per heavy atom. The molecule has 162 valence electrons. The molecule has 3 rings (SSSR count). The Kier molecular flexibility index (Phi) is 10.5. The molecule has 0 fully saturated rings. The van der Waals surface area contributed by atoms with Crippen LogP contribution in [0.4, 0.5) is 5.69 Å². The van der Waals surface area contributed by atoms with Crippen molar-refractivity contribution in [3.8, 4) is 5.75 Å². The molecule has 3 N–H and O–H groups in total. The van der Waals surface area contributed by atoms with Crippen LogP contribution in [-0.2, 0) is 11.2 Å². The molecule has 0 aliphatic rings. The van der Waals surface area contributed by atoms with E-state index < -0.39 is 0 Å². The zero-order chi connectivity index (χ0) is 20.3. The molecule has 0 spiro atoms. The summed E-state index contributed by atoms with van der Waals surface area (Å²) in [4.78, 5) is 7.65. The maximum atomic E-state index is 5.76. The number of methoxy groups -OCH3 is 1. The Bertz CT molecular complexity index is 926.